The Labute approximate surface area is 139 Å². The lowest BCUT2D eigenvalue weighted by atomic mass is 10.1. The van der Waals surface area contributed by atoms with Gasteiger partial charge in [-0.3, -0.25) is 0 Å². The molecule has 2 rings (SSSR count). The highest BCUT2D eigenvalue weighted by atomic mass is 28.3. The molecule has 0 aromatic heterocycles. The SMILES string of the molecule is C[Si](C)(C(=C=CCO)c1ccc(CC#N)cc1)c1ccccc1. The summed E-state index contributed by atoms with van der Waals surface area (Å²) in [6.45, 7) is 4.56. The van der Waals surface area contributed by atoms with Crippen molar-refractivity contribution in [1.82, 2.24) is 0 Å². The van der Waals surface area contributed by atoms with E-state index >= 15 is 0 Å². The standard InChI is InChI=1S/C20H21NOSi/c1-23(2,19-7-4-3-5-8-19)20(9-6-16-22)18-12-10-17(11-13-18)14-15-21/h3-8,10-13,22H,14,16H2,1-2H3. The van der Waals surface area contributed by atoms with Crippen molar-refractivity contribution in [3.63, 3.8) is 0 Å². The molecule has 0 unspecified atom stereocenters. The Hall–Kier alpha value is -2.37. The molecule has 0 heterocycles. The molecule has 0 amide bonds. The van der Waals surface area contributed by atoms with Crippen LogP contribution in [0.25, 0.3) is 5.20 Å². The van der Waals surface area contributed by atoms with Crippen molar-refractivity contribution in [2.75, 3.05) is 6.61 Å². The van der Waals surface area contributed by atoms with Gasteiger partial charge in [-0.15, -0.1) is 5.73 Å². The summed E-state index contributed by atoms with van der Waals surface area (Å²) >= 11 is 0. The van der Waals surface area contributed by atoms with E-state index in [1.807, 2.05) is 18.2 Å². The van der Waals surface area contributed by atoms with Gasteiger partial charge in [-0.1, -0.05) is 72.9 Å². The second-order valence-electron chi connectivity index (χ2n) is 5.93. The molecule has 2 aromatic carbocycles. The van der Waals surface area contributed by atoms with E-state index in [0.717, 1.165) is 16.3 Å². The first-order valence-corrected chi connectivity index (χ1v) is 10.7. The molecule has 23 heavy (non-hydrogen) atoms. The number of hydrogen-bond donors (Lipinski definition) is 1. The van der Waals surface area contributed by atoms with Gasteiger partial charge >= 0.3 is 0 Å². The van der Waals surface area contributed by atoms with Crippen molar-refractivity contribution in [1.29, 1.82) is 5.26 Å². The molecule has 116 valence electrons. The van der Waals surface area contributed by atoms with E-state index in [1.165, 1.54) is 5.19 Å². The molecule has 0 aliphatic rings. The van der Waals surface area contributed by atoms with Crippen LogP contribution in [0.2, 0.25) is 13.1 Å². The summed E-state index contributed by atoms with van der Waals surface area (Å²) in [5.74, 6) is 0. The maximum absolute atomic E-state index is 9.16. The van der Waals surface area contributed by atoms with Crippen LogP contribution in [-0.4, -0.2) is 19.8 Å². The molecular formula is C20H21NOSi. The van der Waals surface area contributed by atoms with Gasteiger partial charge in [-0.2, -0.15) is 5.26 Å². The normalized spacial score (nSPS) is 10.5. The molecule has 0 atom stereocenters. The Morgan fingerprint density at radius 1 is 1.09 bits per heavy atom. The highest BCUT2D eigenvalue weighted by Gasteiger charge is 2.29. The molecule has 0 saturated carbocycles. The summed E-state index contributed by atoms with van der Waals surface area (Å²) in [6, 6.07) is 20.7. The molecule has 2 aromatic rings. The zero-order valence-corrected chi connectivity index (χ0v) is 14.6. The number of nitrogens with zero attached hydrogens (tertiary/aromatic N) is 1. The Bertz CT molecular complexity index is 748. The predicted molar refractivity (Wildman–Crippen MR) is 97.9 cm³/mol. The molecule has 0 bridgehead atoms. The molecule has 0 spiro atoms. The van der Waals surface area contributed by atoms with E-state index in [0.29, 0.717) is 6.42 Å². The highest BCUT2D eigenvalue weighted by Crippen LogP contribution is 2.25. The molecule has 0 radical (unpaired) electrons. The largest absolute Gasteiger partial charge is 0.392 e. The first kappa shape index (κ1) is 17.0. The maximum Gasteiger partial charge on any atom is 0.122 e. The van der Waals surface area contributed by atoms with Gasteiger partial charge in [0.15, 0.2) is 0 Å². The van der Waals surface area contributed by atoms with E-state index in [-0.39, 0.29) is 6.61 Å². The minimum absolute atomic E-state index is 0.0186. The predicted octanol–water partition coefficient (Wildman–Crippen LogP) is 3.44. The second-order valence-corrected chi connectivity index (χ2v) is 10.3. The smallest absolute Gasteiger partial charge is 0.122 e. The van der Waals surface area contributed by atoms with Gasteiger partial charge in [0.05, 0.1) is 19.1 Å². The van der Waals surface area contributed by atoms with E-state index in [9.17, 15) is 0 Å². The van der Waals surface area contributed by atoms with Crippen molar-refractivity contribution in [3.8, 4) is 6.07 Å². The fourth-order valence-electron chi connectivity index (χ4n) is 2.65. The van der Waals surface area contributed by atoms with Crippen molar-refractivity contribution in [3.05, 3.63) is 77.5 Å². The van der Waals surface area contributed by atoms with Gasteiger partial charge in [-0.05, 0) is 22.4 Å². The van der Waals surface area contributed by atoms with Crippen molar-refractivity contribution >= 4 is 18.5 Å². The van der Waals surface area contributed by atoms with Crippen LogP contribution in [-0.2, 0) is 6.42 Å². The van der Waals surface area contributed by atoms with Crippen LogP contribution in [0.4, 0.5) is 0 Å². The number of aliphatic hydroxyl groups excluding tert-OH is 1. The van der Waals surface area contributed by atoms with Crippen molar-refractivity contribution in [2.24, 2.45) is 0 Å². The van der Waals surface area contributed by atoms with Crippen LogP contribution >= 0.6 is 0 Å². The van der Waals surface area contributed by atoms with Crippen LogP contribution in [0.15, 0.2) is 66.4 Å². The Kier molecular flexibility index (Phi) is 5.73. The first-order valence-electron chi connectivity index (χ1n) is 7.68. The maximum atomic E-state index is 9.16. The first-order chi connectivity index (χ1) is 11.1. The molecule has 0 aliphatic heterocycles. The fourth-order valence-corrected chi connectivity index (χ4v) is 5.32. The third-order valence-electron chi connectivity index (χ3n) is 3.98. The topological polar surface area (TPSA) is 44.0 Å². The van der Waals surface area contributed by atoms with Crippen LogP contribution in [0, 0.1) is 11.3 Å². The summed E-state index contributed by atoms with van der Waals surface area (Å²) in [7, 11) is -1.92. The number of benzene rings is 2. The average molecular weight is 319 g/mol. The number of hydrogen-bond acceptors (Lipinski definition) is 2. The van der Waals surface area contributed by atoms with Crippen molar-refractivity contribution < 1.29 is 5.11 Å². The zero-order chi connectivity index (χ0) is 16.7. The quantitative estimate of drug-likeness (QED) is 0.678. The van der Waals surface area contributed by atoms with Crippen LogP contribution < -0.4 is 5.19 Å². The monoisotopic (exact) mass is 319 g/mol. The summed E-state index contributed by atoms with van der Waals surface area (Å²) in [5.41, 5.74) is 5.44. The summed E-state index contributed by atoms with van der Waals surface area (Å²) in [5, 5.41) is 20.4. The van der Waals surface area contributed by atoms with Crippen molar-refractivity contribution in [2.45, 2.75) is 19.5 Å². The molecule has 0 aliphatic carbocycles. The minimum atomic E-state index is -1.92. The number of aliphatic hydroxyl groups is 1. The molecule has 2 nitrogen and oxygen atoms in total. The Morgan fingerprint density at radius 2 is 1.74 bits per heavy atom. The van der Waals surface area contributed by atoms with Gasteiger partial charge in [-0.25, -0.2) is 0 Å². The Balaban J connectivity index is 2.50. The minimum Gasteiger partial charge on any atom is -0.392 e. The third kappa shape index (κ3) is 4.09. The van der Waals surface area contributed by atoms with Crippen LogP contribution in [0.5, 0.6) is 0 Å². The van der Waals surface area contributed by atoms with Gasteiger partial charge in [0.1, 0.15) is 8.07 Å². The number of rotatable bonds is 5. The lowest BCUT2D eigenvalue weighted by Gasteiger charge is -2.25. The molecule has 0 fully saturated rings. The van der Waals surface area contributed by atoms with E-state index < -0.39 is 8.07 Å². The Morgan fingerprint density at radius 3 is 2.30 bits per heavy atom. The van der Waals surface area contributed by atoms with Gasteiger partial charge in [0.2, 0.25) is 0 Å². The van der Waals surface area contributed by atoms with Gasteiger partial charge < -0.3 is 5.11 Å². The van der Waals surface area contributed by atoms with Crippen LogP contribution in [0.1, 0.15) is 11.1 Å². The molecular weight excluding hydrogens is 298 g/mol. The second kappa shape index (κ2) is 7.76. The third-order valence-corrected chi connectivity index (χ3v) is 7.44. The van der Waals surface area contributed by atoms with Gasteiger partial charge in [0.25, 0.3) is 0 Å². The lowest BCUT2D eigenvalue weighted by Crippen LogP contribution is -2.42. The lowest BCUT2D eigenvalue weighted by molar-refractivity contribution is 0.343. The summed E-state index contributed by atoms with van der Waals surface area (Å²) < 4.78 is 0. The molecule has 3 heteroatoms. The number of nitriles is 1. The summed E-state index contributed by atoms with van der Waals surface area (Å²) in [6.07, 6.45) is 2.10. The van der Waals surface area contributed by atoms with E-state index in [2.05, 4.69) is 61.3 Å². The zero-order valence-electron chi connectivity index (χ0n) is 13.6. The summed E-state index contributed by atoms with van der Waals surface area (Å²) in [4.78, 5) is 0. The highest BCUT2D eigenvalue weighted by molar-refractivity contribution is 7.04. The molecule has 0 saturated heterocycles. The van der Waals surface area contributed by atoms with Crippen LogP contribution in [0.3, 0.4) is 0 Å². The van der Waals surface area contributed by atoms with Gasteiger partial charge in [0, 0.05) is 0 Å². The molecule has 1 N–H and O–H groups in total. The fraction of sp³-hybridized carbons (Fsp3) is 0.200. The van der Waals surface area contributed by atoms with E-state index in [1.54, 1.807) is 6.08 Å². The average Bonchev–Trinajstić information content (AvgIpc) is 2.57. The van der Waals surface area contributed by atoms with E-state index in [4.69, 9.17) is 10.4 Å².